The standard InChI is InChI=1S/C10H12ClN5S/c11-8-2-4-9(5-3-8)16-10(13-14-15-16)17-7-1-6-12/h2-5H,1,6-7,12H2. The molecule has 2 rings (SSSR count). The Morgan fingerprint density at radius 3 is 2.76 bits per heavy atom. The van der Waals surface area contributed by atoms with Gasteiger partial charge in [0.1, 0.15) is 0 Å². The first-order valence-corrected chi connectivity index (χ1v) is 6.55. The van der Waals surface area contributed by atoms with Crippen molar-refractivity contribution in [2.45, 2.75) is 11.6 Å². The van der Waals surface area contributed by atoms with E-state index in [9.17, 15) is 0 Å². The maximum atomic E-state index is 5.84. The fraction of sp³-hybridized carbons (Fsp3) is 0.300. The van der Waals surface area contributed by atoms with E-state index in [1.54, 1.807) is 16.4 Å². The molecule has 0 amide bonds. The van der Waals surface area contributed by atoms with Gasteiger partial charge in [0.05, 0.1) is 5.69 Å². The summed E-state index contributed by atoms with van der Waals surface area (Å²) in [4.78, 5) is 0. The Kier molecular flexibility index (Phi) is 4.36. The number of benzene rings is 1. The third-order valence-corrected chi connectivity index (χ3v) is 3.35. The van der Waals surface area contributed by atoms with Gasteiger partial charge in [-0.2, -0.15) is 4.68 Å². The highest BCUT2D eigenvalue weighted by molar-refractivity contribution is 7.99. The second-order valence-electron chi connectivity index (χ2n) is 3.34. The van der Waals surface area contributed by atoms with Crippen LogP contribution in [0.5, 0.6) is 0 Å². The van der Waals surface area contributed by atoms with E-state index in [2.05, 4.69) is 15.5 Å². The molecule has 2 N–H and O–H groups in total. The van der Waals surface area contributed by atoms with Gasteiger partial charge in [0.2, 0.25) is 5.16 Å². The van der Waals surface area contributed by atoms with E-state index in [1.165, 1.54) is 0 Å². The fourth-order valence-electron chi connectivity index (χ4n) is 1.26. The van der Waals surface area contributed by atoms with Crippen molar-refractivity contribution in [3.63, 3.8) is 0 Å². The molecule has 7 heteroatoms. The Balaban J connectivity index is 2.15. The van der Waals surface area contributed by atoms with Crippen LogP contribution < -0.4 is 5.73 Å². The van der Waals surface area contributed by atoms with Crippen LogP contribution in [0.1, 0.15) is 6.42 Å². The molecule has 0 aliphatic carbocycles. The van der Waals surface area contributed by atoms with Crippen LogP contribution in [0.4, 0.5) is 0 Å². The SMILES string of the molecule is NCCCSc1nnnn1-c1ccc(Cl)cc1. The zero-order chi connectivity index (χ0) is 12.1. The molecule has 5 nitrogen and oxygen atoms in total. The molecule has 0 bridgehead atoms. The lowest BCUT2D eigenvalue weighted by molar-refractivity contribution is 0.756. The van der Waals surface area contributed by atoms with Gasteiger partial charge in [0.15, 0.2) is 0 Å². The molecule has 0 atom stereocenters. The predicted octanol–water partition coefficient (Wildman–Crippen LogP) is 1.76. The molecule has 0 fully saturated rings. The average molecular weight is 270 g/mol. The molecule has 0 aliphatic rings. The molecule has 2 aromatic rings. The van der Waals surface area contributed by atoms with Crippen LogP contribution in [0.25, 0.3) is 5.69 Å². The van der Waals surface area contributed by atoms with Crippen molar-refractivity contribution in [3.05, 3.63) is 29.3 Å². The van der Waals surface area contributed by atoms with Gasteiger partial charge in [-0.3, -0.25) is 0 Å². The van der Waals surface area contributed by atoms with Gasteiger partial charge in [0, 0.05) is 10.8 Å². The highest BCUT2D eigenvalue weighted by Crippen LogP contribution is 2.19. The Hall–Kier alpha value is -1.11. The van der Waals surface area contributed by atoms with Crippen LogP contribution in [0.2, 0.25) is 5.02 Å². The van der Waals surface area contributed by atoms with Crippen LogP contribution in [-0.4, -0.2) is 32.5 Å². The average Bonchev–Trinajstić information content (AvgIpc) is 2.79. The minimum atomic E-state index is 0.676. The number of tetrazole rings is 1. The van der Waals surface area contributed by atoms with Gasteiger partial charge >= 0.3 is 0 Å². The fourth-order valence-corrected chi connectivity index (χ4v) is 2.24. The molecule has 1 heterocycles. The second kappa shape index (κ2) is 6.00. The number of nitrogens with two attached hydrogens (primary N) is 1. The van der Waals surface area contributed by atoms with Crippen LogP contribution in [0.15, 0.2) is 29.4 Å². The Bertz CT molecular complexity index is 470. The van der Waals surface area contributed by atoms with E-state index in [0.29, 0.717) is 11.6 Å². The number of nitrogens with zero attached hydrogens (tertiary/aromatic N) is 4. The molecule has 17 heavy (non-hydrogen) atoms. The molecule has 0 spiro atoms. The summed E-state index contributed by atoms with van der Waals surface area (Å²) in [5, 5.41) is 13.1. The van der Waals surface area contributed by atoms with Crippen molar-refractivity contribution < 1.29 is 0 Å². The quantitative estimate of drug-likeness (QED) is 0.662. The van der Waals surface area contributed by atoms with Gasteiger partial charge in [-0.25, -0.2) is 0 Å². The molecular weight excluding hydrogens is 258 g/mol. The first-order valence-electron chi connectivity index (χ1n) is 5.18. The zero-order valence-electron chi connectivity index (χ0n) is 9.08. The predicted molar refractivity (Wildman–Crippen MR) is 68.6 cm³/mol. The van der Waals surface area contributed by atoms with E-state index >= 15 is 0 Å². The number of hydrogen-bond donors (Lipinski definition) is 1. The van der Waals surface area contributed by atoms with Crippen LogP contribution in [-0.2, 0) is 0 Å². The van der Waals surface area contributed by atoms with E-state index in [-0.39, 0.29) is 0 Å². The number of hydrogen-bond acceptors (Lipinski definition) is 5. The third-order valence-electron chi connectivity index (χ3n) is 2.09. The molecule has 0 unspecified atom stereocenters. The smallest absolute Gasteiger partial charge is 0.214 e. The molecule has 1 aromatic heterocycles. The summed E-state index contributed by atoms with van der Waals surface area (Å²) in [5.74, 6) is 0.907. The van der Waals surface area contributed by atoms with Gasteiger partial charge in [-0.15, -0.1) is 5.10 Å². The first-order chi connectivity index (χ1) is 8.31. The van der Waals surface area contributed by atoms with Gasteiger partial charge < -0.3 is 5.73 Å². The van der Waals surface area contributed by atoms with Gasteiger partial charge in [-0.05, 0) is 47.7 Å². The van der Waals surface area contributed by atoms with Crippen molar-refractivity contribution in [1.29, 1.82) is 0 Å². The van der Waals surface area contributed by atoms with E-state index in [0.717, 1.165) is 23.0 Å². The zero-order valence-corrected chi connectivity index (χ0v) is 10.7. The van der Waals surface area contributed by atoms with Gasteiger partial charge in [-0.1, -0.05) is 23.4 Å². The summed E-state index contributed by atoms with van der Waals surface area (Å²) >= 11 is 7.43. The lowest BCUT2D eigenvalue weighted by atomic mass is 10.3. The first kappa shape index (κ1) is 12.3. The minimum absolute atomic E-state index is 0.676. The monoisotopic (exact) mass is 269 g/mol. The lowest BCUT2D eigenvalue weighted by Crippen LogP contribution is -2.02. The maximum absolute atomic E-state index is 5.84. The number of rotatable bonds is 5. The minimum Gasteiger partial charge on any atom is -0.330 e. The van der Waals surface area contributed by atoms with E-state index < -0.39 is 0 Å². The Labute approximate surface area is 108 Å². The highest BCUT2D eigenvalue weighted by Gasteiger charge is 2.08. The van der Waals surface area contributed by atoms with Crippen molar-refractivity contribution in [3.8, 4) is 5.69 Å². The summed E-state index contributed by atoms with van der Waals surface area (Å²) < 4.78 is 1.69. The van der Waals surface area contributed by atoms with Crippen molar-refractivity contribution in [2.75, 3.05) is 12.3 Å². The van der Waals surface area contributed by atoms with Crippen molar-refractivity contribution >= 4 is 23.4 Å². The third kappa shape index (κ3) is 3.18. The number of thioether (sulfide) groups is 1. The molecule has 90 valence electrons. The van der Waals surface area contributed by atoms with Crippen molar-refractivity contribution in [2.24, 2.45) is 5.73 Å². The summed E-state index contributed by atoms with van der Waals surface area (Å²) in [6, 6.07) is 7.39. The normalized spacial score (nSPS) is 10.7. The van der Waals surface area contributed by atoms with Crippen LogP contribution >= 0.6 is 23.4 Å². The summed E-state index contributed by atoms with van der Waals surface area (Å²) in [6.07, 6.45) is 0.943. The van der Waals surface area contributed by atoms with Crippen LogP contribution in [0.3, 0.4) is 0 Å². The van der Waals surface area contributed by atoms with Gasteiger partial charge in [0.25, 0.3) is 0 Å². The molecular formula is C10H12ClN5S. The summed E-state index contributed by atoms with van der Waals surface area (Å²) in [5.41, 5.74) is 6.35. The van der Waals surface area contributed by atoms with E-state index in [1.807, 2.05) is 24.3 Å². The number of aromatic nitrogens is 4. The van der Waals surface area contributed by atoms with E-state index in [4.69, 9.17) is 17.3 Å². The Morgan fingerprint density at radius 2 is 2.06 bits per heavy atom. The molecule has 0 saturated carbocycles. The molecule has 0 aliphatic heterocycles. The molecule has 0 radical (unpaired) electrons. The highest BCUT2D eigenvalue weighted by atomic mass is 35.5. The van der Waals surface area contributed by atoms with Crippen molar-refractivity contribution in [1.82, 2.24) is 20.2 Å². The maximum Gasteiger partial charge on any atom is 0.214 e. The Morgan fingerprint density at radius 1 is 1.29 bits per heavy atom. The molecule has 1 aromatic carbocycles. The number of halogens is 1. The van der Waals surface area contributed by atoms with Crippen LogP contribution in [0, 0.1) is 0 Å². The summed E-state index contributed by atoms with van der Waals surface area (Å²) in [7, 11) is 0. The lowest BCUT2D eigenvalue weighted by Gasteiger charge is -2.03. The second-order valence-corrected chi connectivity index (χ2v) is 4.84. The topological polar surface area (TPSA) is 69.6 Å². The largest absolute Gasteiger partial charge is 0.330 e. The summed E-state index contributed by atoms with van der Waals surface area (Å²) in [6.45, 7) is 0.676. The molecule has 0 saturated heterocycles.